The van der Waals surface area contributed by atoms with Gasteiger partial charge in [0, 0.05) is 6.20 Å². The Labute approximate surface area is 75.9 Å². The Kier molecular flexibility index (Phi) is 2.24. The number of rotatable bonds is 1. The van der Waals surface area contributed by atoms with Crippen LogP contribution in [0, 0.1) is 12.7 Å². The van der Waals surface area contributed by atoms with E-state index >= 15 is 0 Å². The van der Waals surface area contributed by atoms with Gasteiger partial charge >= 0.3 is 0 Å². The minimum absolute atomic E-state index is 0.0857. The van der Waals surface area contributed by atoms with Crippen LogP contribution in [0.25, 0.3) is 0 Å². The van der Waals surface area contributed by atoms with Crippen LogP contribution in [0.4, 0.5) is 4.39 Å². The Hall–Kier alpha value is -1.00. The maximum atomic E-state index is 13.1. The molecule has 1 aliphatic heterocycles. The van der Waals surface area contributed by atoms with E-state index in [2.05, 4.69) is 10.5 Å². The van der Waals surface area contributed by atoms with Crippen LogP contribution in [0.1, 0.15) is 23.7 Å². The third-order valence-electron chi connectivity index (χ3n) is 2.18. The average Bonchev–Trinajstić information content (AvgIpc) is 2.62. The van der Waals surface area contributed by atoms with E-state index in [1.165, 1.54) is 6.07 Å². The van der Waals surface area contributed by atoms with E-state index < -0.39 is 0 Å². The zero-order chi connectivity index (χ0) is 9.26. The van der Waals surface area contributed by atoms with Gasteiger partial charge in [-0.05, 0) is 25.0 Å². The van der Waals surface area contributed by atoms with E-state index in [1.54, 1.807) is 13.1 Å². The molecule has 0 unspecified atom stereocenters. The number of hydroxylamine groups is 1. The maximum Gasteiger partial charge on any atom is 0.144 e. The van der Waals surface area contributed by atoms with Gasteiger partial charge in [-0.3, -0.25) is 4.98 Å². The average molecular weight is 182 g/mol. The maximum absolute atomic E-state index is 13.1. The molecule has 0 radical (unpaired) electrons. The number of aryl methyl sites for hydroxylation is 1. The van der Waals surface area contributed by atoms with Crippen LogP contribution < -0.4 is 5.48 Å². The summed E-state index contributed by atoms with van der Waals surface area (Å²) in [5.41, 5.74) is 4.09. The standard InChI is InChI=1S/C9H11FN2O/c1-6-8(10)4-7(5-11-6)9-2-3-13-12-9/h4-5,9,12H,2-3H2,1H3/t9-/m0/s1. The van der Waals surface area contributed by atoms with Gasteiger partial charge in [-0.25, -0.2) is 4.39 Å². The molecule has 2 heterocycles. The summed E-state index contributed by atoms with van der Waals surface area (Å²) in [6.45, 7) is 2.32. The number of nitrogens with zero attached hydrogens (tertiary/aromatic N) is 1. The van der Waals surface area contributed by atoms with Crippen molar-refractivity contribution >= 4 is 0 Å². The van der Waals surface area contributed by atoms with Crippen molar-refractivity contribution in [3.05, 3.63) is 29.3 Å². The second-order valence-corrected chi connectivity index (χ2v) is 3.14. The molecule has 1 aromatic rings. The quantitative estimate of drug-likeness (QED) is 0.714. The molecular formula is C9H11FN2O. The molecule has 0 amide bonds. The van der Waals surface area contributed by atoms with E-state index in [0.29, 0.717) is 12.3 Å². The minimum Gasteiger partial charge on any atom is -0.301 e. The van der Waals surface area contributed by atoms with Gasteiger partial charge in [0.15, 0.2) is 0 Å². The molecule has 1 aromatic heterocycles. The van der Waals surface area contributed by atoms with Gasteiger partial charge in [-0.1, -0.05) is 0 Å². The second kappa shape index (κ2) is 3.40. The van der Waals surface area contributed by atoms with Crippen molar-refractivity contribution in [1.82, 2.24) is 10.5 Å². The van der Waals surface area contributed by atoms with E-state index in [9.17, 15) is 4.39 Å². The molecular weight excluding hydrogens is 171 g/mol. The van der Waals surface area contributed by atoms with Crippen LogP contribution in [0.3, 0.4) is 0 Å². The van der Waals surface area contributed by atoms with E-state index in [4.69, 9.17) is 4.84 Å². The Morgan fingerprint density at radius 3 is 3.15 bits per heavy atom. The van der Waals surface area contributed by atoms with Crippen molar-refractivity contribution in [2.75, 3.05) is 6.61 Å². The Bertz CT molecular complexity index is 310. The summed E-state index contributed by atoms with van der Waals surface area (Å²) in [7, 11) is 0. The van der Waals surface area contributed by atoms with E-state index in [-0.39, 0.29) is 11.9 Å². The van der Waals surface area contributed by atoms with Crippen molar-refractivity contribution in [3.63, 3.8) is 0 Å². The first-order chi connectivity index (χ1) is 6.27. The van der Waals surface area contributed by atoms with Gasteiger partial charge < -0.3 is 4.84 Å². The van der Waals surface area contributed by atoms with Crippen LogP contribution in [-0.2, 0) is 4.84 Å². The summed E-state index contributed by atoms with van der Waals surface area (Å²) >= 11 is 0. The highest BCUT2D eigenvalue weighted by atomic mass is 19.1. The van der Waals surface area contributed by atoms with Crippen LogP contribution in [0.15, 0.2) is 12.3 Å². The molecule has 0 spiro atoms. The van der Waals surface area contributed by atoms with Crippen molar-refractivity contribution in [2.45, 2.75) is 19.4 Å². The number of hydrogen-bond donors (Lipinski definition) is 1. The van der Waals surface area contributed by atoms with Crippen molar-refractivity contribution in [3.8, 4) is 0 Å². The molecule has 0 saturated carbocycles. The lowest BCUT2D eigenvalue weighted by Gasteiger charge is -2.08. The molecule has 1 N–H and O–H groups in total. The monoisotopic (exact) mass is 182 g/mol. The predicted molar refractivity (Wildman–Crippen MR) is 45.4 cm³/mol. The lowest BCUT2D eigenvalue weighted by molar-refractivity contribution is 0.0882. The number of nitrogens with one attached hydrogen (secondary N) is 1. The van der Waals surface area contributed by atoms with Gasteiger partial charge in [0.1, 0.15) is 5.82 Å². The van der Waals surface area contributed by atoms with Gasteiger partial charge in [0.25, 0.3) is 0 Å². The summed E-state index contributed by atoms with van der Waals surface area (Å²) in [5.74, 6) is -0.258. The smallest absolute Gasteiger partial charge is 0.144 e. The largest absolute Gasteiger partial charge is 0.301 e. The highest BCUT2D eigenvalue weighted by Crippen LogP contribution is 2.21. The fourth-order valence-corrected chi connectivity index (χ4v) is 1.34. The molecule has 1 aliphatic rings. The van der Waals surface area contributed by atoms with Gasteiger partial charge in [0.05, 0.1) is 18.3 Å². The summed E-state index contributed by atoms with van der Waals surface area (Å²) in [5, 5.41) is 0. The Morgan fingerprint density at radius 2 is 2.54 bits per heavy atom. The molecule has 1 saturated heterocycles. The van der Waals surface area contributed by atoms with Crippen molar-refractivity contribution in [1.29, 1.82) is 0 Å². The predicted octanol–water partition coefficient (Wildman–Crippen LogP) is 1.50. The number of hydrogen-bond acceptors (Lipinski definition) is 3. The molecule has 0 aliphatic carbocycles. The molecule has 0 bridgehead atoms. The summed E-state index contributed by atoms with van der Waals surface area (Å²) < 4.78 is 13.1. The molecule has 0 aromatic carbocycles. The first-order valence-electron chi connectivity index (χ1n) is 4.27. The third kappa shape index (κ3) is 1.68. The van der Waals surface area contributed by atoms with E-state index in [0.717, 1.165) is 12.0 Å². The van der Waals surface area contributed by atoms with Crippen LogP contribution in [-0.4, -0.2) is 11.6 Å². The minimum atomic E-state index is -0.258. The van der Waals surface area contributed by atoms with Crippen LogP contribution in [0.2, 0.25) is 0 Å². The van der Waals surface area contributed by atoms with Crippen LogP contribution in [0.5, 0.6) is 0 Å². The van der Waals surface area contributed by atoms with Gasteiger partial charge in [-0.15, -0.1) is 0 Å². The normalized spacial score (nSPS) is 22.2. The molecule has 4 heteroatoms. The first-order valence-corrected chi connectivity index (χ1v) is 4.27. The highest BCUT2D eigenvalue weighted by molar-refractivity contribution is 5.19. The van der Waals surface area contributed by atoms with Crippen LogP contribution >= 0.6 is 0 Å². The zero-order valence-electron chi connectivity index (χ0n) is 7.38. The molecule has 3 nitrogen and oxygen atoms in total. The fourth-order valence-electron chi connectivity index (χ4n) is 1.34. The lowest BCUT2D eigenvalue weighted by atomic mass is 10.1. The van der Waals surface area contributed by atoms with E-state index in [1.807, 2.05) is 0 Å². The molecule has 1 fully saturated rings. The fraction of sp³-hybridized carbons (Fsp3) is 0.444. The number of aromatic nitrogens is 1. The SMILES string of the molecule is Cc1ncc([C@@H]2CCON2)cc1F. The van der Waals surface area contributed by atoms with Crippen molar-refractivity contribution < 1.29 is 9.23 Å². The second-order valence-electron chi connectivity index (χ2n) is 3.14. The first kappa shape index (κ1) is 8.59. The van der Waals surface area contributed by atoms with Crippen molar-refractivity contribution in [2.24, 2.45) is 0 Å². The molecule has 13 heavy (non-hydrogen) atoms. The summed E-state index contributed by atoms with van der Waals surface area (Å²) in [6, 6.07) is 1.59. The lowest BCUT2D eigenvalue weighted by Crippen LogP contribution is -2.12. The summed E-state index contributed by atoms with van der Waals surface area (Å²) in [6.07, 6.45) is 2.55. The number of pyridine rings is 1. The third-order valence-corrected chi connectivity index (χ3v) is 2.18. The van der Waals surface area contributed by atoms with Gasteiger partial charge in [0.2, 0.25) is 0 Å². The Balaban J connectivity index is 2.25. The topological polar surface area (TPSA) is 34.1 Å². The number of halogens is 1. The zero-order valence-corrected chi connectivity index (χ0v) is 7.38. The molecule has 1 atom stereocenters. The molecule has 2 rings (SSSR count). The molecule has 70 valence electrons. The summed E-state index contributed by atoms with van der Waals surface area (Å²) in [4.78, 5) is 8.93. The van der Waals surface area contributed by atoms with Gasteiger partial charge in [-0.2, -0.15) is 5.48 Å². The highest BCUT2D eigenvalue weighted by Gasteiger charge is 2.18. The Morgan fingerprint density at radius 1 is 1.69 bits per heavy atom.